The minimum absolute atomic E-state index is 0.616. The maximum absolute atomic E-state index is 4.60. The second-order valence-electron chi connectivity index (χ2n) is 8.61. The molecule has 3 heterocycles. The topological polar surface area (TPSA) is 30.9 Å². The Bertz CT molecular complexity index is 583. The lowest BCUT2D eigenvalue weighted by Gasteiger charge is -2.33. The molecule has 26 heavy (non-hydrogen) atoms. The quantitative estimate of drug-likeness (QED) is 0.642. The normalized spacial score (nSPS) is 24.7. The highest BCUT2D eigenvalue weighted by Gasteiger charge is 2.41. The minimum atomic E-state index is 0.616. The second kappa shape index (κ2) is 8.30. The summed E-state index contributed by atoms with van der Waals surface area (Å²) in [5, 5.41) is 5.89. The fourth-order valence-electron chi connectivity index (χ4n) is 5.19. The van der Waals surface area contributed by atoms with E-state index < -0.39 is 0 Å². The van der Waals surface area contributed by atoms with Crippen LogP contribution in [0.5, 0.6) is 0 Å². The van der Waals surface area contributed by atoms with Crippen molar-refractivity contribution in [2.75, 3.05) is 39.8 Å². The highest BCUT2D eigenvalue weighted by Crippen LogP contribution is 2.45. The van der Waals surface area contributed by atoms with E-state index in [-0.39, 0.29) is 0 Å². The number of nitrogens with one attached hydrogen (secondary N) is 1. The highest BCUT2D eigenvalue weighted by molar-refractivity contribution is 7.09. The first kappa shape index (κ1) is 18.3. The lowest BCUT2D eigenvalue weighted by Crippen LogP contribution is -2.44. The van der Waals surface area contributed by atoms with E-state index in [2.05, 4.69) is 37.6 Å². The molecule has 2 saturated heterocycles. The summed E-state index contributed by atoms with van der Waals surface area (Å²) in [4.78, 5) is 11.2. The molecule has 0 atom stereocenters. The van der Waals surface area contributed by atoms with Crippen LogP contribution >= 0.6 is 11.3 Å². The van der Waals surface area contributed by atoms with Crippen LogP contribution in [0.3, 0.4) is 0 Å². The largest absolute Gasteiger partial charge is 0.356 e. The molecule has 0 unspecified atom stereocenters. The van der Waals surface area contributed by atoms with Gasteiger partial charge in [0.05, 0.1) is 0 Å². The fourth-order valence-corrected chi connectivity index (χ4v) is 5.93. The van der Waals surface area contributed by atoms with Gasteiger partial charge in [-0.3, -0.25) is 9.89 Å². The van der Waals surface area contributed by atoms with Crippen LogP contribution in [0, 0.1) is 11.3 Å². The van der Waals surface area contributed by atoms with Gasteiger partial charge in [-0.25, -0.2) is 0 Å². The number of hydrogen-bond acceptors (Lipinski definition) is 3. The lowest BCUT2D eigenvalue weighted by atomic mass is 9.86. The summed E-state index contributed by atoms with van der Waals surface area (Å²) in [5.41, 5.74) is 0.616. The first-order valence-corrected chi connectivity index (χ1v) is 11.3. The molecule has 1 spiro atoms. The Morgan fingerprint density at radius 1 is 1.23 bits per heavy atom. The fraction of sp³-hybridized carbons (Fsp3) is 0.762. The summed E-state index contributed by atoms with van der Waals surface area (Å²) in [6, 6.07) is 4.42. The van der Waals surface area contributed by atoms with Gasteiger partial charge in [0, 0.05) is 38.1 Å². The van der Waals surface area contributed by atoms with Crippen LogP contribution in [0.4, 0.5) is 0 Å². The van der Waals surface area contributed by atoms with Gasteiger partial charge in [0.1, 0.15) is 0 Å². The van der Waals surface area contributed by atoms with Crippen molar-refractivity contribution in [3.63, 3.8) is 0 Å². The van der Waals surface area contributed by atoms with Gasteiger partial charge in [-0.2, -0.15) is 0 Å². The number of piperidine rings is 1. The molecular weight excluding hydrogens is 340 g/mol. The van der Waals surface area contributed by atoms with Crippen molar-refractivity contribution in [1.29, 1.82) is 0 Å². The van der Waals surface area contributed by atoms with E-state index >= 15 is 0 Å². The van der Waals surface area contributed by atoms with Crippen molar-refractivity contribution in [3.05, 3.63) is 22.4 Å². The van der Waals surface area contributed by atoms with Gasteiger partial charge < -0.3 is 10.2 Å². The molecule has 1 saturated carbocycles. The maximum atomic E-state index is 4.60. The summed E-state index contributed by atoms with van der Waals surface area (Å²) < 4.78 is 0. The number of guanidine groups is 1. The molecular formula is C21H34N4S. The summed E-state index contributed by atoms with van der Waals surface area (Å²) in [6.07, 6.45) is 9.72. The van der Waals surface area contributed by atoms with Crippen LogP contribution in [0.15, 0.2) is 22.5 Å². The van der Waals surface area contributed by atoms with Crippen molar-refractivity contribution in [2.45, 2.75) is 51.5 Å². The van der Waals surface area contributed by atoms with E-state index in [1.54, 1.807) is 0 Å². The Hall–Kier alpha value is -1.07. The summed E-state index contributed by atoms with van der Waals surface area (Å²) in [6.45, 7) is 7.11. The van der Waals surface area contributed by atoms with Crippen LogP contribution < -0.4 is 5.32 Å². The molecule has 0 bridgehead atoms. The molecule has 1 aliphatic carbocycles. The lowest BCUT2D eigenvalue weighted by molar-refractivity contribution is 0.179. The first-order valence-electron chi connectivity index (χ1n) is 10.5. The molecule has 2 aliphatic heterocycles. The molecule has 1 aromatic heterocycles. The molecule has 3 aliphatic rings. The highest BCUT2D eigenvalue weighted by atomic mass is 32.1. The molecule has 1 aromatic rings. The zero-order chi connectivity index (χ0) is 17.8. The average molecular weight is 375 g/mol. The van der Waals surface area contributed by atoms with Gasteiger partial charge in [0.15, 0.2) is 5.96 Å². The first-order chi connectivity index (χ1) is 12.8. The van der Waals surface area contributed by atoms with Crippen LogP contribution in [0.1, 0.15) is 49.8 Å². The Morgan fingerprint density at radius 3 is 2.73 bits per heavy atom. The SMILES string of the molecule is CN=C(NCC1CCN(Cc2cccs2)CC1)N1CCC2(CCCC2)C1. The molecule has 1 N–H and O–H groups in total. The monoisotopic (exact) mass is 374 g/mol. The van der Waals surface area contributed by atoms with Crippen LogP contribution in [0.25, 0.3) is 0 Å². The van der Waals surface area contributed by atoms with E-state index in [1.807, 2.05) is 18.4 Å². The Labute approximate surface area is 162 Å². The van der Waals surface area contributed by atoms with Crippen molar-refractivity contribution in [1.82, 2.24) is 15.1 Å². The van der Waals surface area contributed by atoms with E-state index in [0.29, 0.717) is 5.41 Å². The molecule has 5 heteroatoms. The van der Waals surface area contributed by atoms with Gasteiger partial charge >= 0.3 is 0 Å². The molecule has 4 nitrogen and oxygen atoms in total. The Balaban J connectivity index is 1.20. The van der Waals surface area contributed by atoms with Gasteiger partial charge in [0.2, 0.25) is 0 Å². The average Bonchev–Trinajstić information content (AvgIpc) is 3.41. The van der Waals surface area contributed by atoms with E-state index in [1.165, 1.54) is 76.0 Å². The standard InChI is InChI=1S/C21H34N4S/c1-22-20(25-13-10-21(17-25)8-2-3-9-21)23-15-18-6-11-24(12-7-18)16-19-5-4-14-26-19/h4-5,14,18H,2-3,6-13,15-17H2,1H3,(H,22,23). The second-order valence-corrected chi connectivity index (χ2v) is 9.64. The summed E-state index contributed by atoms with van der Waals surface area (Å²) >= 11 is 1.88. The Kier molecular flexibility index (Phi) is 5.84. The van der Waals surface area contributed by atoms with Crippen LogP contribution in [-0.4, -0.2) is 55.5 Å². The smallest absolute Gasteiger partial charge is 0.193 e. The zero-order valence-electron chi connectivity index (χ0n) is 16.3. The van der Waals surface area contributed by atoms with E-state index in [0.717, 1.165) is 25.0 Å². The van der Waals surface area contributed by atoms with Gasteiger partial charge in [-0.15, -0.1) is 11.3 Å². The molecule has 3 fully saturated rings. The number of hydrogen-bond donors (Lipinski definition) is 1. The Morgan fingerprint density at radius 2 is 2.04 bits per heavy atom. The number of likely N-dealkylation sites (tertiary alicyclic amines) is 2. The molecule has 0 aromatic carbocycles. The van der Waals surface area contributed by atoms with E-state index in [9.17, 15) is 0 Å². The predicted octanol–water partition coefficient (Wildman–Crippen LogP) is 3.80. The summed E-state index contributed by atoms with van der Waals surface area (Å²) in [5.74, 6) is 1.93. The zero-order valence-corrected chi connectivity index (χ0v) is 17.1. The summed E-state index contributed by atoms with van der Waals surface area (Å²) in [7, 11) is 1.95. The molecule has 0 radical (unpaired) electrons. The number of aliphatic imine (C=N–C) groups is 1. The third kappa shape index (κ3) is 4.25. The maximum Gasteiger partial charge on any atom is 0.193 e. The predicted molar refractivity (Wildman–Crippen MR) is 111 cm³/mol. The van der Waals surface area contributed by atoms with Crippen molar-refractivity contribution in [3.8, 4) is 0 Å². The van der Waals surface area contributed by atoms with E-state index in [4.69, 9.17) is 0 Å². The van der Waals surface area contributed by atoms with Crippen molar-refractivity contribution < 1.29 is 0 Å². The number of nitrogens with zero attached hydrogens (tertiary/aromatic N) is 3. The minimum Gasteiger partial charge on any atom is -0.356 e. The molecule has 4 rings (SSSR count). The van der Waals surface area contributed by atoms with Crippen molar-refractivity contribution >= 4 is 17.3 Å². The van der Waals surface area contributed by atoms with Crippen molar-refractivity contribution in [2.24, 2.45) is 16.3 Å². The van der Waals surface area contributed by atoms with Crippen LogP contribution in [0.2, 0.25) is 0 Å². The van der Waals surface area contributed by atoms with Gasteiger partial charge in [-0.1, -0.05) is 18.9 Å². The van der Waals surface area contributed by atoms with Gasteiger partial charge in [0.25, 0.3) is 0 Å². The molecule has 144 valence electrons. The van der Waals surface area contributed by atoms with Crippen LogP contribution in [-0.2, 0) is 6.54 Å². The number of rotatable bonds is 4. The third-order valence-corrected chi connectivity index (χ3v) is 7.69. The van der Waals surface area contributed by atoms with Gasteiger partial charge in [-0.05, 0) is 68.0 Å². The molecule has 0 amide bonds. The third-order valence-electron chi connectivity index (χ3n) is 6.83. The number of thiophene rings is 1.